The molecule has 0 aliphatic rings. The van der Waals surface area contributed by atoms with E-state index in [0.717, 1.165) is 5.56 Å². The van der Waals surface area contributed by atoms with Gasteiger partial charge in [-0.3, -0.25) is 4.79 Å². The highest BCUT2D eigenvalue weighted by Gasteiger charge is 2.11. The van der Waals surface area contributed by atoms with Crippen LogP contribution in [0.5, 0.6) is 5.75 Å². The highest BCUT2D eigenvalue weighted by atomic mass is 79.9. The van der Waals surface area contributed by atoms with Crippen molar-refractivity contribution in [3.8, 4) is 5.75 Å². The fourth-order valence-electron chi connectivity index (χ4n) is 1.63. The minimum atomic E-state index is -0.374. The molecule has 1 amide bonds. The van der Waals surface area contributed by atoms with Crippen LogP contribution in [0.1, 0.15) is 15.9 Å². The standard InChI is InChI=1S/C14H11BrClNO2/c15-8-9-2-1-3-11(6-9)17-14(19)12-5-4-10(16)7-13(12)18/h1-7,18H,8H2,(H,17,19). The quantitative estimate of drug-likeness (QED) is 0.823. The molecule has 2 aromatic rings. The Kier molecular flexibility index (Phi) is 4.45. The molecule has 0 atom stereocenters. The largest absolute Gasteiger partial charge is 0.507 e. The molecule has 0 heterocycles. The van der Waals surface area contributed by atoms with Crippen molar-refractivity contribution < 1.29 is 9.90 Å². The van der Waals surface area contributed by atoms with Gasteiger partial charge in [-0.05, 0) is 35.9 Å². The molecule has 0 bridgehead atoms. The van der Waals surface area contributed by atoms with Crippen LogP contribution in [0.3, 0.4) is 0 Å². The first-order valence-electron chi connectivity index (χ1n) is 5.55. The van der Waals surface area contributed by atoms with Gasteiger partial charge in [0.15, 0.2) is 0 Å². The van der Waals surface area contributed by atoms with E-state index < -0.39 is 0 Å². The lowest BCUT2D eigenvalue weighted by molar-refractivity contribution is 0.102. The van der Waals surface area contributed by atoms with Gasteiger partial charge in [0, 0.05) is 16.0 Å². The summed E-state index contributed by atoms with van der Waals surface area (Å²) in [4.78, 5) is 12.0. The van der Waals surface area contributed by atoms with Crippen molar-refractivity contribution in [2.24, 2.45) is 0 Å². The molecule has 0 radical (unpaired) electrons. The number of carbonyl (C=O) groups is 1. The van der Waals surface area contributed by atoms with Gasteiger partial charge in [-0.2, -0.15) is 0 Å². The molecule has 2 aromatic carbocycles. The molecule has 2 N–H and O–H groups in total. The summed E-state index contributed by atoms with van der Waals surface area (Å²) in [6.07, 6.45) is 0. The lowest BCUT2D eigenvalue weighted by Gasteiger charge is -2.08. The van der Waals surface area contributed by atoms with Gasteiger partial charge in [0.1, 0.15) is 5.75 Å². The molecule has 0 saturated carbocycles. The van der Waals surface area contributed by atoms with E-state index in [1.165, 1.54) is 12.1 Å². The Balaban J connectivity index is 2.20. The number of hydrogen-bond donors (Lipinski definition) is 2. The molecule has 0 aliphatic carbocycles. The summed E-state index contributed by atoms with van der Waals surface area (Å²) < 4.78 is 0. The maximum absolute atomic E-state index is 12.0. The zero-order chi connectivity index (χ0) is 13.8. The number of phenolic OH excluding ortho intramolecular Hbond substituents is 1. The highest BCUT2D eigenvalue weighted by molar-refractivity contribution is 9.08. The molecular formula is C14H11BrClNO2. The van der Waals surface area contributed by atoms with Crippen molar-refractivity contribution in [3.05, 3.63) is 58.6 Å². The van der Waals surface area contributed by atoms with Crippen molar-refractivity contribution in [3.63, 3.8) is 0 Å². The number of hydrogen-bond acceptors (Lipinski definition) is 2. The summed E-state index contributed by atoms with van der Waals surface area (Å²) in [5.41, 5.74) is 1.92. The van der Waals surface area contributed by atoms with Crippen LogP contribution < -0.4 is 5.32 Å². The molecule has 5 heteroatoms. The van der Waals surface area contributed by atoms with E-state index in [1.54, 1.807) is 12.1 Å². The SMILES string of the molecule is O=C(Nc1cccc(CBr)c1)c1ccc(Cl)cc1O. The first kappa shape index (κ1) is 13.9. The van der Waals surface area contributed by atoms with E-state index in [1.807, 2.05) is 18.2 Å². The Morgan fingerprint density at radius 3 is 2.74 bits per heavy atom. The van der Waals surface area contributed by atoms with Gasteiger partial charge in [-0.25, -0.2) is 0 Å². The Bertz CT molecular complexity index is 616. The van der Waals surface area contributed by atoms with E-state index in [2.05, 4.69) is 21.2 Å². The monoisotopic (exact) mass is 339 g/mol. The highest BCUT2D eigenvalue weighted by Crippen LogP contribution is 2.23. The zero-order valence-electron chi connectivity index (χ0n) is 9.86. The van der Waals surface area contributed by atoms with Crippen LogP contribution in [0.4, 0.5) is 5.69 Å². The molecule has 19 heavy (non-hydrogen) atoms. The van der Waals surface area contributed by atoms with Crippen molar-refractivity contribution >= 4 is 39.1 Å². The average molecular weight is 341 g/mol. The fraction of sp³-hybridized carbons (Fsp3) is 0.0714. The molecule has 2 rings (SSSR count). The van der Waals surface area contributed by atoms with Crippen molar-refractivity contribution in [1.29, 1.82) is 0 Å². The van der Waals surface area contributed by atoms with E-state index in [4.69, 9.17) is 11.6 Å². The number of phenols is 1. The first-order chi connectivity index (χ1) is 9.10. The van der Waals surface area contributed by atoms with Crippen LogP contribution >= 0.6 is 27.5 Å². The second kappa shape index (κ2) is 6.08. The second-order valence-electron chi connectivity index (χ2n) is 3.95. The topological polar surface area (TPSA) is 49.3 Å². The van der Waals surface area contributed by atoms with Gasteiger partial charge in [0.05, 0.1) is 5.56 Å². The number of benzene rings is 2. The summed E-state index contributed by atoms with van der Waals surface area (Å²) in [6.45, 7) is 0. The lowest BCUT2D eigenvalue weighted by atomic mass is 10.1. The number of halogens is 2. The number of nitrogens with one attached hydrogen (secondary N) is 1. The Hall–Kier alpha value is -1.52. The van der Waals surface area contributed by atoms with Crippen molar-refractivity contribution in [2.45, 2.75) is 5.33 Å². The maximum atomic E-state index is 12.0. The average Bonchev–Trinajstić information content (AvgIpc) is 2.38. The van der Waals surface area contributed by atoms with Gasteiger partial charge in [0.2, 0.25) is 0 Å². The Morgan fingerprint density at radius 1 is 1.26 bits per heavy atom. The summed E-state index contributed by atoms with van der Waals surface area (Å²) in [6, 6.07) is 11.8. The van der Waals surface area contributed by atoms with E-state index in [9.17, 15) is 9.90 Å². The fourth-order valence-corrected chi connectivity index (χ4v) is 2.14. The first-order valence-corrected chi connectivity index (χ1v) is 7.05. The van der Waals surface area contributed by atoms with Crippen molar-refractivity contribution in [1.82, 2.24) is 0 Å². The third kappa shape index (κ3) is 3.49. The molecular weight excluding hydrogens is 330 g/mol. The number of rotatable bonds is 3. The second-order valence-corrected chi connectivity index (χ2v) is 4.95. The number of carbonyl (C=O) groups excluding carboxylic acids is 1. The summed E-state index contributed by atoms with van der Waals surface area (Å²) >= 11 is 9.08. The molecule has 0 unspecified atom stereocenters. The van der Waals surface area contributed by atoms with Gasteiger partial charge < -0.3 is 10.4 Å². The number of aromatic hydroxyl groups is 1. The Labute approximate surface area is 124 Å². The van der Waals surface area contributed by atoms with Gasteiger partial charge in [0.25, 0.3) is 5.91 Å². The minimum absolute atomic E-state index is 0.137. The Morgan fingerprint density at radius 2 is 2.05 bits per heavy atom. The van der Waals surface area contributed by atoms with Crippen molar-refractivity contribution in [2.75, 3.05) is 5.32 Å². The predicted molar refractivity (Wildman–Crippen MR) is 80.1 cm³/mol. The van der Waals surface area contributed by atoms with Gasteiger partial charge in [-0.15, -0.1) is 0 Å². The number of alkyl halides is 1. The molecule has 0 saturated heterocycles. The smallest absolute Gasteiger partial charge is 0.259 e. The van der Waals surface area contributed by atoms with Crippen LogP contribution in [0, 0.1) is 0 Å². The molecule has 0 spiro atoms. The van der Waals surface area contributed by atoms with E-state index in [0.29, 0.717) is 16.0 Å². The van der Waals surface area contributed by atoms with Crippen LogP contribution in [0.15, 0.2) is 42.5 Å². The molecule has 3 nitrogen and oxygen atoms in total. The lowest BCUT2D eigenvalue weighted by Crippen LogP contribution is -2.12. The van der Waals surface area contributed by atoms with Gasteiger partial charge in [-0.1, -0.05) is 39.7 Å². The summed E-state index contributed by atoms with van der Waals surface area (Å²) in [7, 11) is 0. The third-order valence-corrected chi connectivity index (χ3v) is 3.43. The van der Waals surface area contributed by atoms with Crippen LogP contribution in [0.2, 0.25) is 5.02 Å². The van der Waals surface area contributed by atoms with Gasteiger partial charge >= 0.3 is 0 Å². The molecule has 0 aromatic heterocycles. The summed E-state index contributed by atoms with van der Waals surface area (Å²) in [5, 5.41) is 13.5. The minimum Gasteiger partial charge on any atom is -0.507 e. The van der Waals surface area contributed by atoms with Crippen LogP contribution in [-0.4, -0.2) is 11.0 Å². The van der Waals surface area contributed by atoms with Crippen LogP contribution in [-0.2, 0) is 5.33 Å². The van der Waals surface area contributed by atoms with E-state index in [-0.39, 0.29) is 17.2 Å². The molecule has 0 fully saturated rings. The predicted octanol–water partition coefficient (Wildman–Crippen LogP) is 4.19. The molecule has 0 aliphatic heterocycles. The maximum Gasteiger partial charge on any atom is 0.259 e. The number of anilines is 1. The summed E-state index contributed by atoms with van der Waals surface area (Å²) in [5.74, 6) is -0.512. The molecule has 98 valence electrons. The third-order valence-electron chi connectivity index (χ3n) is 2.54. The normalized spacial score (nSPS) is 10.2. The van der Waals surface area contributed by atoms with Crippen LogP contribution in [0.25, 0.3) is 0 Å². The number of amides is 1. The zero-order valence-corrected chi connectivity index (χ0v) is 12.2. The van der Waals surface area contributed by atoms with E-state index >= 15 is 0 Å².